The lowest BCUT2D eigenvalue weighted by Crippen LogP contribution is -2.34. The number of hydrogen-bond acceptors (Lipinski definition) is 3. The Bertz CT molecular complexity index is 765. The number of nitrogens with two attached hydrogens (primary N) is 1. The van der Waals surface area contributed by atoms with E-state index in [1.54, 1.807) is 18.3 Å². The van der Waals surface area contributed by atoms with Gasteiger partial charge in [0.25, 0.3) is 0 Å². The lowest BCUT2D eigenvalue weighted by atomic mass is 10.1. The number of nitrogens with zero attached hydrogens (tertiary/aromatic N) is 2. The van der Waals surface area contributed by atoms with Crippen molar-refractivity contribution in [3.63, 3.8) is 0 Å². The van der Waals surface area contributed by atoms with Crippen molar-refractivity contribution < 1.29 is 17.9 Å². The largest absolute Gasteiger partial charge is 0.573 e. The summed E-state index contributed by atoms with van der Waals surface area (Å²) in [6, 6.07) is 11.8. The summed E-state index contributed by atoms with van der Waals surface area (Å²) in [6.45, 7) is 0.487. The topological polar surface area (TPSA) is 72.5 Å². The minimum atomic E-state index is -4.71. The first-order valence-corrected chi connectivity index (χ1v) is 8.23. The highest BCUT2D eigenvalue weighted by Gasteiger charge is 2.42. The molecule has 3 N–H and O–H groups in total. The number of nitrogens with one attached hydrogen (secondary N) is 1. The highest BCUT2D eigenvalue weighted by molar-refractivity contribution is 5.78. The van der Waals surface area contributed by atoms with Crippen molar-refractivity contribution in [1.82, 2.24) is 10.3 Å². The number of pyridine rings is 1. The van der Waals surface area contributed by atoms with Gasteiger partial charge in [0.1, 0.15) is 5.75 Å². The van der Waals surface area contributed by atoms with Gasteiger partial charge >= 0.3 is 6.36 Å². The van der Waals surface area contributed by atoms with Crippen molar-refractivity contribution in [1.29, 1.82) is 0 Å². The number of rotatable bonds is 6. The molecule has 0 saturated heterocycles. The molecule has 0 amide bonds. The molecular formula is C18H19F3N4O. The van der Waals surface area contributed by atoms with Gasteiger partial charge in [-0.3, -0.25) is 9.98 Å². The zero-order valence-electron chi connectivity index (χ0n) is 13.9. The number of para-hydroxylation sites is 1. The van der Waals surface area contributed by atoms with Crippen LogP contribution in [0.15, 0.2) is 53.7 Å². The Morgan fingerprint density at radius 2 is 2.00 bits per heavy atom. The van der Waals surface area contributed by atoms with E-state index in [4.69, 9.17) is 5.73 Å². The van der Waals surface area contributed by atoms with Crippen molar-refractivity contribution in [3.05, 3.63) is 59.9 Å². The molecule has 1 aliphatic rings. The summed E-state index contributed by atoms with van der Waals surface area (Å²) in [6.07, 6.45) is -1.65. The van der Waals surface area contributed by atoms with E-state index in [9.17, 15) is 13.2 Å². The molecule has 1 saturated carbocycles. The Morgan fingerprint density at radius 3 is 2.73 bits per heavy atom. The number of alkyl halides is 3. The third-order valence-corrected chi connectivity index (χ3v) is 4.04. The number of benzene rings is 1. The summed E-state index contributed by atoms with van der Waals surface area (Å²) in [7, 11) is 0. The first-order chi connectivity index (χ1) is 12.4. The van der Waals surface area contributed by atoms with Crippen LogP contribution in [0.25, 0.3) is 0 Å². The molecule has 0 aliphatic heterocycles. The van der Waals surface area contributed by atoms with Gasteiger partial charge < -0.3 is 15.8 Å². The smallest absolute Gasteiger partial charge is 0.405 e. The monoisotopic (exact) mass is 364 g/mol. The average Bonchev–Trinajstić information content (AvgIpc) is 3.33. The summed E-state index contributed by atoms with van der Waals surface area (Å²) in [4.78, 5) is 8.44. The summed E-state index contributed by atoms with van der Waals surface area (Å²) in [5.41, 5.74) is 7.31. The second-order valence-electron chi connectivity index (χ2n) is 6.02. The van der Waals surface area contributed by atoms with Gasteiger partial charge in [0, 0.05) is 36.8 Å². The van der Waals surface area contributed by atoms with Crippen LogP contribution in [0.3, 0.4) is 0 Å². The second kappa shape index (κ2) is 7.63. The summed E-state index contributed by atoms with van der Waals surface area (Å²) in [5.74, 6) is 0.0284. The summed E-state index contributed by atoms with van der Waals surface area (Å²) >= 11 is 0. The van der Waals surface area contributed by atoms with E-state index in [1.165, 1.54) is 12.1 Å². The maximum Gasteiger partial charge on any atom is 0.573 e. The molecule has 1 fully saturated rings. The first-order valence-electron chi connectivity index (χ1n) is 8.23. The van der Waals surface area contributed by atoms with Crippen molar-refractivity contribution in [3.8, 4) is 5.75 Å². The Hall–Kier alpha value is -2.77. The third-order valence-electron chi connectivity index (χ3n) is 4.04. The average molecular weight is 364 g/mol. The van der Waals surface area contributed by atoms with Crippen LogP contribution >= 0.6 is 0 Å². The minimum absolute atomic E-state index is 0.0495. The van der Waals surface area contributed by atoms with Crippen molar-refractivity contribution in [2.24, 2.45) is 10.7 Å². The standard InChI is InChI=1S/C18H19F3N4O/c19-18(20,21)26-16-7-2-1-6-13(16)14-11-15(14)25-17(22)24-10-8-12-5-3-4-9-23-12/h1-7,9,14-15H,8,10-11H2,(H3,22,24,25). The van der Waals surface area contributed by atoms with E-state index in [1.807, 2.05) is 18.2 Å². The van der Waals surface area contributed by atoms with Crippen LogP contribution < -0.4 is 15.8 Å². The summed E-state index contributed by atoms with van der Waals surface area (Å²) < 4.78 is 41.6. The SMILES string of the molecule is NC(=NCCc1ccccn1)NC1CC1c1ccccc1OC(F)(F)F. The predicted octanol–water partition coefficient (Wildman–Crippen LogP) is 2.98. The van der Waals surface area contributed by atoms with Crippen LogP contribution in [0, 0.1) is 0 Å². The number of guanidine groups is 1. The van der Waals surface area contributed by atoms with Gasteiger partial charge in [0.2, 0.25) is 0 Å². The molecule has 2 unspecified atom stereocenters. The third kappa shape index (κ3) is 5.11. The number of ether oxygens (including phenoxy) is 1. The zero-order chi connectivity index (χ0) is 18.6. The van der Waals surface area contributed by atoms with Gasteiger partial charge in [-0.05, 0) is 30.2 Å². The van der Waals surface area contributed by atoms with Crippen molar-refractivity contribution in [2.45, 2.75) is 31.2 Å². The Morgan fingerprint density at radius 1 is 1.23 bits per heavy atom. The molecule has 2 aromatic rings. The van der Waals surface area contributed by atoms with Crippen LogP contribution in [0.5, 0.6) is 5.75 Å². The van der Waals surface area contributed by atoms with Crippen molar-refractivity contribution >= 4 is 5.96 Å². The Labute approximate surface area is 149 Å². The van der Waals surface area contributed by atoms with Crippen LogP contribution in [-0.4, -0.2) is 29.9 Å². The minimum Gasteiger partial charge on any atom is -0.405 e. The van der Waals surface area contributed by atoms with E-state index >= 15 is 0 Å². The van der Waals surface area contributed by atoms with E-state index in [0.717, 1.165) is 5.69 Å². The van der Waals surface area contributed by atoms with Gasteiger partial charge in [0.05, 0.1) is 0 Å². The molecule has 138 valence electrons. The fourth-order valence-corrected chi connectivity index (χ4v) is 2.78. The van der Waals surface area contributed by atoms with E-state index in [2.05, 4.69) is 20.0 Å². The molecule has 5 nitrogen and oxygen atoms in total. The molecule has 1 aromatic heterocycles. The number of hydrogen-bond donors (Lipinski definition) is 2. The molecular weight excluding hydrogens is 345 g/mol. The van der Waals surface area contributed by atoms with Gasteiger partial charge in [-0.1, -0.05) is 24.3 Å². The highest BCUT2D eigenvalue weighted by Crippen LogP contribution is 2.45. The maximum absolute atomic E-state index is 12.5. The molecule has 2 atom stereocenters. The molecule has 1 heterocycles. The number of halogens is 3. The molecule has 0 bridgehead atoms. The Kier molecular flexibility index (Phi) is 5.29. The number of aromatic nitrogens is 1. The fourth-order valence-electron chi connectivity index (χ4n) is 2.78. The molecule has 1 aliphatic carbocycles. The molecule has 1 aromatic carbocycles. The Balaban J connectivity index is 1.53. The van der Waals surface area contributed by atoms with Gasteiger partial charge in [0.15, 0.2) is 5.96 Å². The van der Waals surface area contributed by atoms with Crippen LogP contribution in [0.1, 0.15) is 23.6 Å². The molecule has 0 spiro atoms. The lowest BCUT2D eigenvalue weighted by Gasteiger charge is -2.13. The van der Waals surface area contributed by atoms with Crippen LogP contribution in [-0.2, 0) is 6.42 Å². The first kappa shape index (κ1) is 18.0. The van der Waals surface area contributed by atoms with Crippen molar-refractivity contribution in [2.75, 3.05) is 6.54 Å². The van der Waals surface area contributed by atoms with Crippen LogP contribution in [0.2, 0.25) is 0 Å². The van der Waals surface area contributed by atoms with Gasteiger partial charge in [-0.25, -0.2) is 0 Å². The molecule has 3 rings (SSSR count). The second-order valence-corrected chi connectivity index (χ2v) is 6.02. The normalized spacial score (nSPS) is 19.9. The van der Waals surface area contributed by atoms with Gasteiger partial charge in [-0.2, -0.15) is 0 Å². The van der Waals surface area contributed by atoms with Gasteiger partial charge in [-0.15, -0.1) is 13.2 Å². The predicted molar refractivity (Wildman–Crippen MR) is 91.8 cm³/mol. The van der Waals surface area contributed by atoms with E-state index in [-0.39, 0.29) is 23.7 Å². The number of aliphatic imine (C=N–C) groups is 1. The van der Waals surface area contributed by atoms with E-state index < -0.39 is 6.36 Å². The zero-order valence-corrected chi connectivity index (χ0v) is 13.9. The highest BCUT2D eigenvalue weighted by atomic mass is 19.4. The van der Waals surface area contributed by atoms with Crippen LogP contribution in [0.4, 0.5) is 13.2 Å². The molecule has 0 radical (unpaired) electrons. The maximum atomic E-state index is 12.5. The lowest BCUT2D eigenvalue weighted by molar-refractivity contribution is -0.274. The fraction of sp³-hybridized carbons (Fsp3) is 0.333. The molecule has 8 heteroatoms. The quantitative estimate of drug-likeness (QED) is 0.611. The summed E-state index contributed by atoms with van der Waals surface area (Å²) in [5, 5.41) is 3.05. The van der Waals surface area contributed by atoms with E-state index in [0.29, 0.717) is 24.9 Å². The molecule has 26 heavy (non-hydrogen) atoms.